The van der Waals surface area contributed by atoms with Crippen LogP contribution >= 0.6 is 15.9 Å². The van der Waals surface area contributed by atoms with E-state index in [1.807, 2.05) is 0 Å². The van der Waals surface area contributed by atoms with Crippen LogP contribution in [0.4, 0.5) is 10.5 Å². The van der Waals surface area contributed by atoms with Gasteiger partial charge in [-0.15, -0.1) is 0 Å². The van der Waals surface area contributed by atoms with Gasteiger partial charge < -0.3 is 9.84 Å². The van der Waals surface area contributed by atoms with Gasteiger partial charge in [-0.05, 0) is 42.8 Å². The minimum absolute atomic E-state index is 0.117. The first-order chi connectivity index (χ1) is 7.28. The Labute approximate surface area is 102 Å². The zero-order chi connectivity index (χ0) is 12.3. The van der Waals surface area contributed by atoms with Crippen LogP contribution in [0.1, 0.15) is 20.8 Å². The topological polar surface area (TPSA) is 71.5 Å². The second-order valence-corrected chi connectivity index (χ2v) is 4.96. The maximum absolute atomic E-state index is 11.4. The summed E-state index contributed by atoms with van der Waals surface area (Å²) in [7, 11) is 0. The van der Waals surface area contributed by atoms with Crippen molar-refractivity contribution in [2.24, 2.45) is 0 Å². The van der Waals surface area contributed by atoms with Crippen molar-refractivity contribution in [3.8, 4) is 5.75 Å². The number of amides is 1. The number of hydrogen-bond donors (Lipinski definition) is 2. The number of nitrogens with one attached hydrogen (secondary N) is 1. The highest BCUT2D eigenvalue weighted by atomic mass is 79.9. The van der Waals surface area contributed by atoms with Crippen molar-refractivity contribution < 1.29 is 14.6 Å². The number of pyridine rings is 1. The van der Waals surface area contributed by atoms with E-state index in [9.17, 15) is 9.90 Å². The molecular weight excluding hydrogens is 276 g/mol. The molecule has 0 radical (unpaired) electrons. The van der Waals surface area contributed by atoms with Gasteiger partial charge in [-0.1, -0.05) is 0 Å². The lowest BCUT2D eigenvalue weighted by Gasteiger charge is -2.19. The number of carbonyl (C=O) groups excluding carboxylic acids is 1. The highest BCUT2D eigenvalue weighted by molar-refractivity contribution is 9.10. The highest BCUT2D eigenvalue weighted by Gasteiger charge is 2.17. The monoisotopic (exact) mass is 288 g/mol. The molecule has 0 aliphatic rings. The van der Waals surface area contributed by atoms with Crippen LogP contribution < -0.4 is 5.32 Å². The third kappa shape index (κ3) is 4.06. The minimum atomic E-state index is -0.624. The van der Waals surface area contributed by atoms with Crippen molar-refractivity contribution in [2.75, 3.05) is 5.32 Å². The second-order valence-electron chi connectivity index (χ2n) is 4.15. The van der Waals surface area contributed by atoms with Gasteiger partial charge in [0.1, 0.15) is 10.2 Å². The highest BCUT2D eigenvalue weighted by Crippen LogP contribution is 2.25. The molecule has 0 saturated carbocycles. The quantitative estimate of drug-likeness (QED) is 0.780. The number of halogens is 1. The fraction of sp³-hybridized carbons (Fsp3) is 0.400. The largest absolute Gasteiger partial charge is 0.504 e. The number of aromatic nitrogens is 1. The van der Waals surface area contributed by atoms with E-state index in [1.54, 1.807) is 20.8 Å². The molecule has 5 nitrogen and oxygen atoms in total. The number of carbonyl (C=O) groups is 1. The average Bonchev–Trinajstić information content (AvgIpc) is 2.08. The molecule has 0 fully saturated rings. The van der Waals surface area contributed by atoms with Crippen molar-refractivity contribution in [3.05, 3.63) is 16.9 Å². The van der Waals surface area contributed by atoms with E-state index in [4.69, 9.17) is 4.74 Å². The van der Waals surface area contributed by atoms with E-state index in [2.05, 4.69) is 26.2 Å². The van der Waals surface area contributed by atoms with Crippen LogP contribution in [0.3, 0.4) is 0 Å². The van der Waals surface area contributed by atoms with Crippen LogP contribution in [-0.2, 0) is 4.74 Å². The first-order valence-electron chi connectivity index (χ1n) is 4.62. The Balaban J connectivity index is 2.73. The van der Waals surface area contributed by atoms with Crippen molar-refractivity contribution in [1.82, 2.24) is 4.98 Å². The van der Waals surface area contributed by atoms with Crippen LogP contribution in [0, 0.1) is 0 Å². The van der Waals surface area contributed by atoms with Gasteiger partial charge in [0.05, 0.1) is 11.9 Å². The number of ether oxygens (including phenoxy) is 1. The molecule has 2 N–H and O–H groups in total. The summed E-state index contributed by atoms with van der Waals surface area (Å²) in [5, 5.41) is 11.9. The molecule has 16 heavy (non-hydrogen) atoms. The lowest BCUT2D eigenvalue weighted by atomic mass is 10.2. The molecule has 88 valence electrons. The van der Waals surface area contributed by atoms with Gasteiger partial charge in [0.25, 0.3) is 0 Å². The maximum Gasteiger partial charge on any atom is 0.412 e. The maximum atomic E-state index is 11.4. The minimum Gasteiger partial charge on any atom is -0.504 e. The molecule has 0 bridgehead atoms. The SMILES string of the molecule is CC(C)(C)OC(=O)Nc1cc(Br)ncc1O. The van der Waals surface area contributed by atoms with Gasteiger partial charge >= 0.3 is 6.09 Å². The normalized spacial score (nSPS) is 11.0. The molecule has 0 aromatic carbocycles. The van der Waals surface area contributed by atoms with Gasteiger partial charge in [0, 0.05) is 0 Å². The van der Waals surface area contributed by atoms with Gasteiger partial charge in [0.2, 0.25) is 0 Å². The van der Waals surface area contributed by atoms with E-state index in [-0.39, 0.29) is 11.4 Å². The predicted octanol–water partition coefficient (Wildman–Crippen LogP) is 2.90. The molecule has 1 heterocycles. The lowest BCUT2D eigenvalue weighted by Crippen LogP contribution is -2.27. The Hall–Kier alpha value is -1.30. The number of aromatic hydroxyl groups is 1. The van der Waals surface area contributed by atoms with Crippen molar-refractivity contribution in [3.63, 3.8) is 0 Å². The third-order valence-corrected chi connectivity index (χ3v) is 1.92. The second kappa shape index (κ2) is 4.69. The van der Waals surface area contributed by atoms with Crippen LogP contribution in [-0.4, -0.2) is 21.8 Å². The molecular formula is C10H13BrN2O3. The predicted molar refractivity (Wildman–Crippen MR) is 63.5 cm³/mol. The van der Waals surface area contributed by atoms with E-state index in [1.165, 1.54) is 12.3 Å². The summed E-state index contributed by atoms with van der Waals surface area (Å²) in [4.78, 5) is 15.2. The van der Waals surface area contributed by atoms with Crippen LogP contribution in [0.15, 0.2) is 16.9 Å². The smallest absolute Gasteiger partial charge is 0.412 e. The van der Waals surface area contributed by atoms with Gasteiger partial charge in [-0.2, -0.15) is 0 Å². The summed E-state index contributed by atoms with van der Waals surface area (Å²) in [5.74, 6) is -0.117. The molecule has 1 amide bonds. The Morgan fingerprint density at radius 2 is 2.19 bits per heavy atom. The molecule has 1 rings (SSSR count). The molecule has 0 aliphatic heterocycles. The zero-order valence-corrected chi connectivity index (χ0v) is 10.8. The number of nitrogens with zero attached hydrogens (tertiary/aromatic N) is 1. The Bertz CT molecular complexity index is 402. The van der Waals surface area contributed by atoms with Crippen molar-refractivity contribution in [2.45, 2.75) is 26.4 Å². The molecule has 0 atom stereocenters. The van der Waals surface area contributed by atoms with Gasteiger partial charge in [-0.25, -0.2) is 9.78 Å². The first-order valence-corrected chi connectivity index (χ1v) is 5.42. The summed E-state index contributed by atoms with van der Waals surface area (Å²) < 4.78 is 5.55. The van der Waals surface area contributed by atoms with E-state index in [0.29, 0.717) is 4.60 Å². The lowest BCUT2D eigenvalue weighted by molar-refractivity contribution is 0.0635. The Kier molecular flexibility index (Phi) is 3.74. The van der Waals surface area contributed by atoms with Gasteiger partial charge in [0.15, 0.2) is 5.75 Å². The molecule has 0 saturated heterocycles. The number of rotatable bonds is 1. The standard InChI is InChI=1S/C10H13BrN2O3/c1-10(2,3)16-9(15)13-6-4-8(11)12-5-7(6)14/h4-5,14H,1-3H3,(H,12,13,15). The average molecular weight is 289 g/mol. The van der Waals surface area contributed by atoms with Crippen molar-refractivity contribution in [1.29, 1.82) is 0 Å². The fourth-order valence-electron chi connectivity index (χ4n) is 0.936. The summed E-state index contributed by atoms with van der Waals surface area (Å²) >= 11 is 3.13. The molecule has 0 aliphatic carbocycles. The van der Waals surface area contributed by atoms with E-state index in [0.717, 1.165) is 0 Å². The molecule has 6 heteroatoms. The third-order valence-electron chi connectivity index (χ3n) is 1.49. The number of hydrogen-bond acceptors (Lipinski definition) is 4. The summed E-state index contributed by atoms with van der Waals surface area (Å²) in [6.45, 7) is 5.28. The molecule has 0 spiro atoms. The Morgan fingerprint density at radius 1 is 1.56 bits per heavy atom. The van der Waals surface area contributed by atoms with E-state index < -0.39 is 11.7 Å². The van der Waals surface area contributed by atoms with E-state index >= 15 is 0 Å². The Morgan fingerprint density at radius 3 is 2.75 bits per heavy atom. The zero-order valence-electron chi connectivity index (χ0n) is 9.24. The van der Waals surface area contributed by atoms with Crippen molar-refractivity contribution >= 4 is 27.7 Å². The fourth-order valence-corrected chi connectivity index (χ4v) is 1.27. The van der Waals surface area contributed by atoms with Gasteiger partial charge in [-0.3, -0.25) is 5.32 Å². The molecule has 0 unspecified atom stereocenters. The summed E-state index contributed by atoms with van der Waals surface area (Å²) in [6, 6.07) is 1.49. The van der Waals surface area contributed by atoms with Crippen LogP contribution in [0.25, 0.3) is 0 Å². The number of anilines is 1. The molecule has 1 aromatic rings. The van der Waals surface area contributed by atoms with Crippen LogP contribution in [0.5, 0.6) is 5.75 Å². The first kappa shape index (κ1) is 12.8. The summed E-state index contributed by atoms with van der Waals surface area (Å²) in [6.07, 6.45) is 0.609. The van der Waals surface area contributed by atoms with Crippen LogP contribution in [0.2, 0.25) is 0 Å². The molecule has 1 aromatic heterocycles. The summed E-state index contributed by atoms with van der Waals surface area (Å²) in [5.41, 5.74) is -0.333.